The molecule has 0 amide bonds. The molecule has 0 heterocycles. The third-order valence-electron chi connectivity index (χ3n) is 4.13. The summed E-state index contributed by atoms with van der Waals surface area (Å²) in [5.41, 5.74) is 13.5. The Hall–Kier alpha value is -0.690. The summed E-state index contributed by atoms with van der Waals surface area (Å²) in [6.45, 7) is 6.37. The Morgan fingerprint density at radius 1 is 1.58 bits per heavy atom. The third kappa shape index (κ3) is 3.66. The first-order valence-corrected chi connectivity index (χ1v) is 7.58. The van der Waals surface area contributed by atoms with Gasteiger partial charge >= 0.3 is 11.3 Å². The van der Waals surface area contributed by atoms with Crippen LogP contribution in [0.3, 0.4) is 0 Å². The van der Waals surface area contributed by atoms with Crippen molar-refractivity contribution in [3.63, 3.8) is 0 Å². The Labute approximate surface area is 118 Å². The van der Waals surface area contributed by atoms with Crippen LogP contribution >= 0.6 is 0 Å². The topological polar surface area (TPSA) is 89.3 Å². The standard InChI is InChI=1S/C13H25N3O2S/c1-10(2)16(4,19(17)18)8-7-13(15)6-5-12(14)11(3)9-13/h5,9-10H,6-8,14-15H2,1-4H3/p+1. The van der Waals surface area contributed by atoms with E-state index in [0.29, 0.717) is 19.4 Å². The van der Waals surface area contributed by atoms with Gasteiger partial charge < -0.3 is 11.5 Å². The van der Waals surface area contributed by atoms with E-state index in [2.05, 4.69) is 0 Å². The number of quaternary nitrogens is 1. The van der Waals surface area contributed by atoms with Gasteiger partial charge in [0.1, 0.15) is 0 Å². The second-order valence-corrected chi connectivity index (χ2v) is 7.19. The van der Waals surface area contributed by atoms with Gasteiger partial charge in [-0.1, -0.05) is 12.2 Å². The first-order chi connectivity index (χ1) is 8.61. The van der Waals surface area contributed by atoms with Crippen LogP contribution in [0.2, 0.25) is 0 Å². The number of rotatable bonds is 5. The Kier molecular flexibility index (Phi) is 4.95. The molecular formula is C13H26N3O2S+. The highest BCUT2D eigenvalue weighted by Crippen LogP contribution is 2.27. The zero-order chi connectivity index (χ0) is 14.8. The molecule has 0 bridgehead atoms. The van der Waals surface area contributed by atoms with Crippen molar-refractivity contribution in [2.24, 2.45) is 11.5 Å². The number of nitrogens with two attached hydrogens (primary N) is 2. The van der Waals surface area contributed by atoms with Gasteiger partial charge in [-0.05, 0) is 32.8 Å². The van der Waals surface area contributed by atoms with E-state index < -0.39 is 16.8 Å². The molecule has 3 atom stereocenters. The lowest BCUT2D eigenvalue weighted by atomic mass is 9.85. The minimum Gasteiger partial charge on any atom is -0.399 e. The van der Waals surface area contributed by atoms with Gasteiger partial charge in [-0.2, -0.15) is 4.21 Å². The van der Waals surface area contributed by atoms with Gasteiger partial charge in [0, 0.05) is 17.7 Å². The van der Waals surface area contributed by atoms with Crippen LogP contribution in [0.15, 0.2) is 23.4 Å². The SMILES string of the molecule is CC1=CC(N)(CC[N+](C)(C(C)C)S(=O)O)CC=C1N. The van der Waals surface area contributed by atoms with Gasteiger partial charge in [0.15, 0.2) is 0 Å². The maximum absolute atomic E-state index is 11.6. The van der Waals surface area contributed by atoms with Crippen LogP contribution < -0.4 is 11.5 Å². The van der Waals surface area contributed by atoms with E-state index in [0.717, 1.165) is 11.3 Å². The van der Waals surface area contributed by atoms with E-state index >= 15 is 0 Å². The van der Waals surface area contributed by atoms with Crippen LogP contribution in [0.25, 0.3) is 0 Å². The van der Waals surface area contributed by atoms with E-state index in [4.69, 9.17) is 11.5 Å². The summed E-state index contributed by atoms with van der Waals surface area (Å²) in [5, 5.41) is 0. The lowest BCUT2D eigenvalue weighted by Gasteiger charge is -2.37. The highest BCUT2D eigenvalue weighted by atomic mass is 32.2. The summed E-state index contributed by atoms with van der Waals surface area (Å²) in [4.78, 5) is 0. The van der Waals surface area contributed by atoms with E-state index in [-0.39, 0.29) is 9.93 Å². The van der Waals surface area contributed by atoms with Crippen LogP contribution in [0.5, 0.6) is 0 Å². The highest BCUT2D eigenvalue weighted by Gasteiger charge is 2.36. The normalized spacial score (nSPS) is 28.6. The Morgan fingerprint density at radius 3 is 2.58 bits per heavy atom. The average molecular weight is 288 g/mol. The first-order valence-electron chi connectivity index (χ1n) is 6.52. The molecule has 0 saturated carbocycles. The molecule has 19 heavy (non-hydrogen) atoms. The molecule has 5 N–H and O–H groups in total. The van der Waals surface area contributed by atoms with Crippen molar-refractivity contribution >= 4 is 11.3 Å². The summed E-state index contributed by atoms with van der Waals surface area (Å²) in [6, 6.07) is 0.0590. The molecule has 3 unspecified atom stereocenters. The summed E-state index contributed by atoms with van der Waals surface area (Å²) < 4.78 is 21.1. The fraction of sp³-hybridized carbons (Fsp3) is 0.692. The van der Waals surface area contributed by atoms with E-state index in [1.165, 1.54) is 0 Å². The van der Waals surface area contributed by atoms with Crippen LogP contribution in [0.1, 0.15) is 33.6 Å². The van der Waals surface area contributed by atoms with Gasteiger partial charge in [0.25, 0.3) is 0 Å². The quantitative estimate of drug-likeness (QED) is 0.525. The number of hydrogen-bond donors (Lipinski definition) is 3. The third-order valence-corrected chi connectivity index (χ3v) is 5.45. The number of hydrogen-bond acceptors (Lipinski definition) is 3. The lowest BCUT2D eigenvalue weighted by Crippen LogP contribution is -2.54. The fourth-order valence-electron chi connectivity index (χ4n) is 2.16. The Morgan fingerprint density at radius 2 is 2.16 bits per heavy atom. The molecule has 1 aliphatic rings. The summed E-state index contributed by atoms with van der Waals surface area (Å²) in [5.74, 6) is 0. The molecule has 0 saturated heterocycles. The molecule has 6 heteroatoms. The summed E-state index contributed by atoms with van der Waals surface area (Å²) in [6.07, 6.45) is 5.24. The molecule has 0 aromatic carbocycles. The molecule has 5 nitrogen and oxygen atoms in total. The second kappa shape index (κ2) is 5.75. The minimum absolute atomic E-state index is 0.0590. The number of nitrogens with zero attached hydrogens (tertiary/aromatic N) is 1. The van der Waals surface area contributed by atoms with E-state index in [1.54, 1.807) is 7.05 Å². The van der Waals surface area contributed by atoms with Crippen molar-refractivity contribution in [3.05, 3.63) is 23.4 Å². The molecule has 0 fully saturated rings. The molecule has 110 valence electrons. The van der Waals surface area contributed by atoms with Gasteiger partial charge in [0.2, 0.25) is 0 Å². The predicted octanol–water partition coefficient (Wildman–Crippen LogP) is 1.26. The molecule has 0 aromatic heterocycles. The lowest BCUT2D eigenvalue weighted by molar-refractivity contribution is -0.808. The zero-order valence-corrected chi connectivity index (χ0v) is 13.0. The van der Waals surface area contributed by atoms with Crippen LogP contribution in [-0.2, 0) is 11.3 Å². The zero-order valence-electron chi connectivity index (χ0n) is 12.2. The largest absolute Gasteiger partial charge is 0.399 e. The van der Waals surface area contributed by atoms with Gasteiger partial charge in [-0.3, -0.25) is 4.55 Å². The van der Waals surface area contributed by atoms with Crippen molar-refractivity contribution < 1.29 is 12.6 Å². The van der Waals surface area contributed by atoms with E-state index in [9.17, 15) is 8.76 Å². The van der Waals surface area contributed by atoms with Crippen molar-refractivity contribution in [2.75, 3.05) is 13.6 Å². The Balaban J connectivity index is 2.79. The van der Waals surface area contributed by atoms with Gasteiger partial charge in [0.05, 0.1) is 19.6 Å². The summed E-state index contributed by atoms with van der Waals surface area (Å²) >= 11 is -1.92. The summed E-state index contributed by atoms with van der Waals surface area (Å²) in [7, 11) is 1.79. The second-order valence-electron chi connectivity index (χ2n) is 5.90. The van der Waals surface area contributed by atoms with Gasteiger partial charge in [-0.25, -0.2) is 3.89 Å². The maximum atomic E-state index is 11.6. The molecule has 1 rings (SSSR count). The molecule has 0 spiro atoms. The molecule has 1 aliphatic carbocycles. The van der Waals surface area contributed by atoms with Crippen molar-refractivity contribution in [3.8, 4) is 0 Å². The van der Waals surface area contributed by atoms with Crippen molar-refractivity contribution in [1.29, 1.82) is 0 Å². The van der Waals surface area contributed by atoms with Gasteiger partial charge in [-0.15, -0.1) is 0 Å². The minimum atomic E-state index is -1.92. The smallest absolute Gasteiger partial charge is 0.358 e. The van der Waals surface area contributed by atoms with Crippen LogP contribution in [0, 0.1) is 0 Å². The molecular weight excluding hydrogens is 262 g/mol. The van der Waals surface area contributed by atoms with Crippen molar-refractivity contribution in [2.45, 2.75) is 45.2 Å². The fourth-order valence-corrected chi connectivity index (χ4v) is 2.76. The molecule has 0 aliphatic heterocycles. The monoisotopic (exact) mass is 288 g/mol. The average Bonchev–Trinajstić information content (AvgIpc) is 2.31. The maximum Gasteiger partial charge on any atom is 0.358 e. The highest BCUT2D eigenvalue weighted by molar-refractivity contribution is 7.73. The predicted molar refractivity (Wildman–Crippen MR) is 79.1 cm³/mol. The van der Waals surface area contributed by atoms with Crippen LogP contribution in [0.4, 0.5) is 0 Å². The van der Waals surface area contributed by atoms with Crippen LogP contribution in [-0.4, -0.2) is 37.8 Å². The Bertz CT molecular complexity index is 434. The van der Waals surface area contributed by atoms with E-state index in [1.807, 2.05) is 32.9 Å². The first kappa shape index (κ1) is 16.4. The number of allylic oxidation sites excluding steroid dienone is 1. The van der Waals surface area contributed by atoms with Crippen molar-refractivity contribution in [1.82, 2.24) is 0 Å². The molecule has 0 radical (unpaired) electrons. The molecule has 0 aromatic rings.